The first-order valence-electron chi connectivity index (χ1n) is 5.01. The number of rotatable bonds is 7. The molecule has 0 atom stereocenters. The molecule has 1 aliphatic carbocycles. The van der Waals surface area contributed by atoms with Gasteiger partial charge in [-0.05, 0) is 38.3 Å². The second kappa shape index (κ2) is 6.02. The van der Waals surface area contributed by atoms with Crippen LogP contribution in [-0.2, 0) is 0 Å². The van der Waals surface area contributed by atoms with E-state index in [0.29, 0.717) is 6.42 Å². The van der Waals surface area contributed by atoms with Crippen LogP contribution in [-0.4, -0.2) is 13.1 Å². The molecular formula is C10H18N2. The molecule has 0 radical (unpaired) electrons. The standard InChI is InChI=1S/C10H18N2/c11-7-1-2-8-12-9-3-4-10-5-6-10/h10,12H,1-6,8-9H2. The van der Waals surface area contributed by atoms with Crippen molar-refractivity contribution in [2.45, 2.75) is 38.5 Å². The van der Waals surface area contributed by atoms with Crippen molar-refractivity contribution in [2.24, 2.45) is 5.92 Å². The summed E-state index contributed by atoms with van der Waals surface area (Å²) in [5, 5.41) is 11.6. The average Bonchev–Trinajstić information content (AvgIpc) is 2.87. The molecule has 0 aliphatic heterocycles. The van der Waals surface area contributed by atoms with Crippen molar-refractivity contribution in [1.82, 2.24) is 5.32 Å². The smallest absolute Gasteiger partial charge is 0.0622 e. The largest absolute Gasteiger partial charge is 0.317 e. The predicted octanol–water partition coefficient (Wildman–Crippen LogP) is 2.07. The van der Waals surface area contributed by atoms with E-state index in [2.05, 4.69) is 11.4 Å². The summed E-state index contributed by atoms with van der Waals surface area (Å²) in [4.78, 5) is 0. The van der Waals surface area contributed by atoms with Crippen molar-refractivity contribution in [2.75, 3.05) is 13.1 Å². The first kappa shape index (κ1) is 9.54. The van der Waals surface area contributed by atoms with Gasteiger partial charge in [-0.25, -0.2) is 0 Å². The number of nitrogens with zero attached hydrogens (tertiary/aromatic N) is 1. The summed E-state index contributed by atoms with van der Waals surface area (Å²) in [5.41, 5.74) is 0. The van der Waals surface area contributed by atoms with E-state index in [1.807, 2.05) is 0 Å². The van der Waals surface area contributed by atoms with Crippen LogP contribution in [0, 0.1) is 17.2 Å². The van der Waals surface area contributed by atoms with E-state index < -0.39 is 0 Å². The lowest BCUT2D eigenvalue weighted by Crippen LogP contribution is -2.16. The zero-order valence-corrected chi connectivity index (χ0v) is 7.68. The summed E-state index contributed by atoms with van der Waals surface area (Å²) in [7, 11) is 0. The molecule has 2 nitrogen and oxygen atoms in total. The third kappa shape index (κ3) is 5.15. The van der Waals surface area contributed by atoms with Gasteiger partial charge in [0.1, 0.15) is 0 Å². The molecular weight excluding hydrogens is 148 g/mol. The molecule has 0 bridgehead atoms. The lowest BCUT2D eigenvalue weighted by atomic mass is 10.2. The Morgan fingerprint density at radius 3 is 2.67 bits per heavy atom. The molecule has 0 aromatic carbocycles. The topological polar surface area (TPSA) is 35.8 Å². The summed E-state index contributed by atoms with van der Waals surface area (Å²) >= 11 is 0. The van der Waals surface area contributed by atoms with E-state index in [-0.39, 0.29) is 0 Å². The van der Waals surface area contributed by atoms with Gasteiger partial charge in [0.2, 0.25) is 0 Å². The Morgan fingerprint density at radius 1 is 1.25 bits per heavy atom. The molecule has 0 amide bonds. The Labute approximate surface area is 75.0 Å². The van der Waals surface area contributed by atoms with E-state index in [4.69, 9.17) is 5.26 Å². The van der Waals surface area contributed by atoms with Gasteiger partial charge in [-0.3, -0.25) is 0 Å². The Morgan fingerprint density at radius 2 is 2.00 bits per heavy atom. The van der Waals surface area contributed by atoms with Gasteiger partial charge >= 0.3 is 0 Å². The fourth-order valence-electron chi connectivity index (χ4n) is 1.34. The third-order valence-corrected chi connectivity index (χ3v) is 2.30. The SMILES string of the molecule is N#CCCCNCCCC1CC1. The fraction of sp³-hybridized carbons (Fsp3) is 0.900. The molecule has 0 saturated heterocycles. The van der Waals surface area contributed by atoms with Crippen LogP contribution < -0.4 is 5.32 Å². The van der Waals surface area contributed by atoms with Crippen molar-refractivity contribution in [1.29, 1.82) is 5.26 Å². The first-order chi connectivity index (χ1) is 5.93. The molecule has 1 saturated carbocycles. The second-order valence-electron chi connectivity index (χ2n) is 3.60. The monoisotopic (exact) mass is 166 g/mol. The number of nitrogens with one attached hydrogen (secondary N) is 1. The van der Waals surface area contributed by atoms with E-state index in [9.17, 15) is 0 Å². The summed E-state index contributed by atoms with van der Waals surface area (Å²) in [6, 6.07) is 2.15. The van der Waals surface area contributed by atoms with Crippen LogP contribution in [0.1, 0.15) is 38.5 Å². The molecule has 1 rings (SSSR count). The Balaban J connectivity index is 1.68. The maximum Gasteiger partial charge on any atom is 0.0622 e. The molecule has 1 aliphatic rings. The molecule has 2 heteroatoms. The highest BCUT2D eigenvalue weighted by Gasteiger charge is 2.19. The van der Waals surface area contributed by atoms with Crippen LogP contribution >= 0.6 is 0 Å². The Hall–Kier alpha value is -0.550. The minimum absolute atomic E-state index is 0.690. The highest BCUT2D eigenvalue weighted by atomic mass is 14.8. The lowest BCUT2D eigenvalue weighted by Gasteiger charge is -2.01. The number of nitriles is 1. The van der Waals surface area contributed by atoms with Gasteiger partial charge in [0.25, 0.3) is 0 Å². The van der Waals surface area contributed by atoms with Crippen molar-refractivity contribution < 1.29 is 0 Å². The van der Waals surface area contributed by atoms with Crippen molar-refractivity contribution in [3.05, 3.63) is 0 Å². The highest BCUT2D eigenvalue weighted by Crippen LogP contribution is 2.33. The second-order valence-corrected chi connectivity index (χ2v) is 3.60. The quantitative estimate of drug-likeness (QED) is 0.588. The van der Waals surface area contributed by atoms with Gasteiger partial charge in [-0.1, -0.05) is 12.8 Å². The Bertz CT molecular complexity index is 144. The first-order valence-corrected chi connectivity index (χ1v) is 5.01. The maximum absolute atomic E-state index is 8.27. The van der Waals surface area contributed by atoms with Crippen molar-refractivity contribution in [3.8, 4) is 6.07 Å². The maximum atomic E-state index is 8.27. The van der Waals surface area contributed by atoms with Gasteiger partial charge in [-0.2, -0.15) is 5.26 Å². The number of hydrogen-bond acceptors (Lipinski definition) is 2. The predicted molar refractivity (Wildman–Crippen MR) is 49.7 cm³/mol. The lowest BCUT2D eigenvalue weighted by molar-refractivity contribution is 0.584. The normalized spacial score (nSPS) is 15.9. The average molecular weight is 166 g/mol. The van der Waals surface area contributed by atoms with E-state index >= 15 is 0 Å². The zero-order chi connectivity index (χ0) is 8.65. The third-order valence-electron chi connectivity index (χ3n) is 2.30. The summed E-state index contributed by atoms with van der Waals surface area (Å²) in [6.07, 6.45) is 7.35. The summed E-state index contributed by atoms with van der Waals surface area (Å²) in [6.45, 7) is 2.15. The van der Waals surface area contributed by atoms with Crippen molar-refractivity contribution in [3.63, 3.8) is 0 Å². The highest BCUT2D eigenvalue weighted by molar-refractivity contribution is 4.73. The van der Waals surface area contributed by atoms with Crippen LogP contribution in [0.2, 0.25) is 0 Å². The minimum atomic E-state index is 0.690. The molecule has 12 heavy (non-hydrogen) atoms. The van der Waals surface area contributed by atoms with Crippen LogP contribution in [0.15, 0.2) is 0 Å². The van der Waals surface area contributed by atoms with E-state index in [0.717, 1.165) is 25.4 Å². The molecule has 68 valence electrons. The zero-order valence-electron chi connectivity index (χ0n) is 7.68. The summed E-state index contributed by atoms with van der Waals surface area (Å²) < 4.78 is 0. The van der Waals surface area contributed by atoms with Gasteiger partial charge in [0.15, 0.2) is 0 Å². The molecule has 0 aromatic heterocycles. The molecule has 1 fully saturated rings. The van der Waals surface area contributed by atoms with Gasteiger partial charge in [0, 0.05) is 6.42 Å². The molecule has 0 unspecified atom stereocenters. The van der Waals surface area contributed by atoms with Crippen LogP contribution in [0.25, 0.3) is 0 Å². The van der Waals surface area contributed by atoms with Gasteiger partial charge in [0.05, 0.1) is 6.07 Å². The van der Waals surface area contributed by atoms with Crippen LogP contribution in [0.5, 0.6) is 0 Å². The van der Waals surface area contributed by atoms with Gasteiger partial charge < -0.3 is 5.32 Å². The summed E-state index contributed by atoms with van der Waals surface area (Å²) in [5.74, 6) is 1.06. The van der Waals surface area contributed by atoms with E-state index in [1.165, 1.54) is 25.7 Å². The number of unbranched alkanes of at least 4 members (excludes halogenated alkanes) is 1. The van der Waals surface area contributed by atoms with E-state index in [1.54, 1.807) is 0 Å². The van der Waals surface area contributed by atoms with Crippen LogP contribution in [0.4, 0.5) is 0 Å². The molecule has 1 N–H and O–H groups in total. The molecule has 0 spiro atoms. The van der Waals surface area contributed by atoms with Crippen molar-refractivity contribution >= 4 is 0 Å². The molecule has 0 aromatic rings. The minimum Gasteiger partial charge on any atom is -0.317 e. The fourth-order valence-corrected chi connectivity index (χ4v) is 1.34. The van der Waals surface area contributed by atoms with Gasteiger partial charge in [-0.15, -0.1) is 0 Å². The molecule has 0 heterocycles. The van der Waals surface area contributed by atoms with Crippen LogP contribution in [0.3, 0.4) is 0 Å². The number of hydrogen-bond donors (Lipinski definition) is 1. The Kier molecular flexibility index (Phi) is 4.79.